The molecule has 1 atom stereocenters. The van der Waals surface area contributed by atoms with Gasteiger partial charge in [-0.25, -0.2) is 0 Å². The molecule has 1 aromatic carbocycles. The number of thioether (sulfide) groups is 1. The molecule has 1 aliphatic heterocycles. The van der Waals surface area contributed by atoms with E-state index in [1.165, 1.54) is 18.5 Å². The zero-order valence-electron chi connectivity index (χ0n) is 12.0. The van der Waals surface area contributed by atoms with E-state index in [2.05, 4.69) is 56.0 Å². The number of aromatic nitrogens is 3. The Labute approximate surface area is 129 Å². The van der Waals surface area contributed by atoms with Crippen LogP contribution in [-0.4, -0.2) is 51.7 Å². The van der Waals surface area contributed by atoms with Crippen molar-refractivity contribution in [3.63, 3.8) is 0 Å². The first-order valence-electron chi connectivity index (χ1n) is 7.38. The van der Waals surface area contributed by atoms with E-state index in [1.54, 1.807) is 18.0 Å². The van der Waals surface area contributed by atoms with Gasteiger partial charge in [0.2, 0.25) is 0 Å². The van der Waals surface area contributed by atoms with E-state index >= 15 is 0 Å². The second kappa shape index (κ2) is 7.59. The Bertz CT molecular complexity index is 516. The van der Waals surface area contributed by atoms with Crippen molar-refractivity contribution in [1.29, 1.82) is 0 Å². The summed E-state index contributed by atoms with van der Waals surface area (Å²) in [5, 5.41) is 15.1. The molecule has 6 heteroatoms. The Hall–Kier alpha value is -1.37. The van der Waals surface area contributed by atoms with Gasteiger partial charge in [-0.05, 0) is 12.0 Å². The van der Waals surface area contributed by atoms with Crippen molar-refractivity contribution in [1.82, 2.24) is 25.6 Å². The third kappa shape index (κ3) is 4.56. The molecule has 1 aromatic heterocycles. The fourth-order valence-corrected chi connectivity index (χ4v) is 3.33. The fourth-order valence-electron chi connectivity index (χ4n) is 2.66. The minimum Gasteiger partial charge on any atom is -0.312 e. The summed E-state index contributed by atoms with van der Waals surface area (Å²) in [6, 6.07) is 11.3. The Morgan fingerprint density at radius 3 is 3.05 bits per heavy atom. The lowest BCUT2D eigenvalue weighted by Crippen LogP contribution is -2.33. The van der Waals surface area contributed by atoms with Gasteiger partial charge in [0, 0.05) is 38.0 Å². The molecule has 0 amide bonds. The molecular formula is C15H21N5S. The number of benzene rings is 1. The highest BCUT2D eigenvalue weighted by molar-refractivity contribution is 7.99. The molecule has 5 nitrogen and oxygen atoms in total. The average Bonchev–Trinajstić information content (AvgIpc) is 3.17. The lowest BCUT2D eigenvalue weighted by Gasteiger charge is -2.16. The average molecular weight is 303 g/mol. The molecule has 3 rings (SSSR count). The second-order valence-electron chi connectivity index (χ2n) is 5.32. The highest BCUT2D eigenvalue weighted by Gasteiger charge is 2.21. The molecule has 1 fully saturated rings. The standard InChI is InChI=1S/C15H21N5S/c1-2-4-13(5-3-1)11-20-8-6-14(12-20)16-7-9-21-15-10-17-19-18-15/h1-5,10,14,16H,6-9,11-12H2,(H,17,18,19)/t14-/m1/s1. The number of hydrogen-bond acceptors (Lipinski definition) is 5. The zero-order chi connectivity index (χ0) is 14.3. The highest BCUT2D eigenvalue weighted by atomic mass is 32.2. The summed E-state index contributed by atoms with van der Waals surface area (Å²) in [7, 11) is 0. The topological polar surface area (TPSA) is 56.8 Å². The van der Waals surface area contributed by atoms with E-state index in [9.17, 15) is 0 Å². The van der Waals surface area contributed by atoms with Crippen molar-refractivity contribution in [3.05, 3.63) is 42.1 Å². The molecule has 2 aromatic rings. The number of likely N-dealkylation sites (tertiary alicyclic amines) is 1. The van der Waals surface area contributed by atoms with Gasteiger partial charge in [0.25, 0.3) is 0 Å². The van der Waals surface area contributed by atoms with Gasteiger partial charge in [0.15, 0.2) is 0 Å². The van der Waals surface area contributed by atoms with Gasteiger partial charge in [-0.2, -0.15) is 10.3 Å². The molecule has 0 unspecified atom stereocenters. The third-order valence-corrected chi connectivity index (χ3v) is 4.60. The van der Waals surface area contributed by atoms with Crippen LogP contribution in [0.1, 0.15) is 12.0 Å². The molecular weight excluding hydrogens is 282 g/mol. The van der Waals surface area contributed by atoms with Gasteiger partial charge >= 0.3 is 0 Å². The molecule has 2 heterocycles. The number of hydrogen-bond donors (Lipinski definition) is 2. The summed E-state index contributed by atoms with van der Waals surface area (Å²) in [5.74, 6) is 1.03. The van der Waals surface area contributed by atoms with E-state index in [0.717, 1.165) is 30.4 Å². The Morgan fingerprint density at radius 2 is 2.24 bits per heavy atom. The summed E-state index contributed by atoms with van der Waals surface area (Å²) in [5.41, 5.74) is 1.40. The van der Waals surface area contributed by atoms with Gasteiger partial charge in [0.1, 0.15) is 5.03 Å². The van der Waals surface area contributed by atoms with Gasteiger partial charge in [-0.3, -0.25) is 4.90 Å². The molecule has 0 saturated carbocycles. The van der Waals surface area contributed by atoms with E-state index < -0.39 is 0 Å². The summed E-state index contributed by atoms with van der Waals surface area (Å²) < 4.78 is 0. The van der Waals surface area contributed by atoms with Crippen LogP contribution in [0.25, 0.3) is 0 Å². The summed E-state index contributed by atoms with van der Waals surface area (Å²) in [6.07, 6.45) is 3.00. The maximum absolute atomic E-state index is 4.04. The van der Waals surface area contributed by atoms with Crippen molar-refractivity contribution in [2.45, 2.75) is 24.0 Å². The lowest BCUT2D eigenvalue weighted by atomic mass is 10.2. The predicted molar refractivity (Wildman–Crippen MR) is 85.2 cm³/mol. The first kappa shape index (κ1) is 14.6. The monoisotopic (exact) mass is 303 g/mol. The van der Waals surface area contributed by atoms with E-state index in [1.807, 2.05) is 0 Å². The summed E-state index contributed by atoms with van der Waals surface area (Å²) in [4.78, 5) is 2.53. The molecule has 21 heavy (non-hydrogen) atoms. The van der Waals surface area contributed by atoms with Crippen LogP contribution in [-0.2, 0) is 6.54 Å². The number of nitrogens with zero attached hydrogens (tertiary/aromatic N) is 3. The number of nitrogens with one attached hydrogen (secondary N) is 2. The highest BCUT2D eigenvalue weighted by Crippen LogP contribution is 2.14. The quantitative estimate of drug-likeness (QED) is 0.603. The second-order valence-corrected chi connectivity index (χ2v) is 6.43. The van der Waals surface area contributed by atoms with Crippen LogP contribution in [0.4, 0.5) is 0 Å². The summed E-state index contributed by atoms with van der Waals surface area (Å²) >= 11 is 1.73. The van der Waals surface area contributed by atoms with Crippen molar-refractivity contribution in [2.75, 3.05) is 25.4 Å². The van der Waals surface area contributed by atoms with Crippen LogP contribution in [0, 0.1) is 0 Å². The molecule has 0 bridgehead atoms. The first-order chi connectivity index (χ1) is 10.4. The van der Waals surface area contributed by atoms with Gasteiger partial charge < -0.3 is 5.32 Å². The Balaban J connectivity index is 1.33. The maximum atomic E-state index is 4.04. The maximum Gasteiger partial charge on any atom is 0.138 e. The van der Waals surface area contributed by atoms with Crippen LogP contribution in [0.3, 0.4) is 0 Å². The molecule has 0 radical (unpaired) electrons. The van der Waals surface area contributed by atoms with E-state index in [-0.39, 0.29) is 0 Å². The van der Waals surface area contributed by atoms with Crippen LogP contribution < -0.4 is 5.32 Å². The van der Waals surface area contributed by atoms with Crippen LogP contribution in [0.2, 0.25) is 0 Å². The van der Waals surface area contributed by atoms with Crippen LogP contribution in [0.15, 0.2) is 41.6 Å². The summed E-state index contributed by atoms with van der Waals surface area (Å²) in [6.45, 7) is 4.40. The molecule has 0 aliphatic carbocycles. The minimum absolute atomic E-state index is 0.617. The van der Waals surface area contributed by atoms with Crippen molar-refractivity contribution in [3.8, 4) is 0 Å². The molecule has 112 valence electrons. The number of H-pyrrole nitrogens is 1. The molecule has 2 N–H and O–H groups in total. The van der Waals surface area contributed by atoms with Crippen molar-refractivity contribution >= 4 is 11.8 Å². The first-order valence-corrected chi connectivity index (χ1v) is 8.37. The largest absolute Gasteiger partial charge is 0.312 e. The predicted octanol–water partition coefficient (Wildman–Crippen LogP) is 1.76. The smallest absolute Gasteiger partial charge is 0.138 e. The third-order valence-electron chi connectivity index (χ3n) is 3.70. The lowest BCUT2D eigenvalue weighted by molar-refractivity contribution is 0.321. The minimum atomic E-state index is 0.617. The Morgan fingerprint density at radius 1 is 1.33 bits per heavy atom. The van der Waals surface area contributed by atoms with Gasteiger partial charge in [-0.15, -0.1) is 16.9 Å². The van der Waals surface area contributed by atoms with Crippen LogP contribution >= 0.6 is 11.8 Å². The van der Waals surface area contributed by atoms with Crippen molar-refractivity contribution in [2.24, 2.45) is 0 Å². The SMILES string of the molecule is c1ccc(CN2CC[C@@H](NCCSc3cn[nH]n3)C2)cc1. The Kier molecular flexibility index (Phi) is 5.26. The van der Waals surface area contributed by atoms with E-state index in [4.69, 9.17) is 0 Å². The van der Waals surface area contributed by atoms with Crippen LogP contribution in [0.5, 0.6) is 0 Å². The molecule has 0 spiro atoms. The van der Waals surface area contributed by atoms with E-state index in [0.29, 0.717) is 6.04 Å². The molecule has 1 saturated heterocycles. The van der Waals surface area contributed by atoms with Gasteiger partial charge in [-0.1, -0.05) is 30.3 Å². The number of rotatable bonds is 7. The van der Waals surface area contributed by atoms with Gasteiger partial charge in [0.05, 0.1) is 6.20 Å². The molecule has 1 aliphatic rings. The fraction of sp³-hybridized carbons (Fsp3) is 0.467. The number of aromatic amines is 1. The normalized spacial score (nSPS) is 19.1. The van der Waals surface area contributed by atoms with Crippen molar-refractivity contribution < 1.29 is 0 Å². The zero-order valence-corrected chi connectivity index (χ0v) is 12.9.